The number of halogens is 2. The average Bonchev–Trinajstić information content (AvgIpc) is 2.50. The van der Waals surface area contributed by atoms with Gasteiger partial charge >= 0.3 is 0 Å². The normalized spacial score (nSPS) is 11.6. The van der Waals surface area contributed by atoms with Crippen molar-refractivity contribution < 1.29 is 8.42 Å². The van der Waals surface area contributed by atoms with Crippen molar-refractivity contribution in [3.63, 3.8) is 0 Å². The van der Waals surface area contributed by atoms with E-state index in [1.165, 1.54) is 20.3 Å². The Kier molecular flexibility index (Phi) is 5.30. The quantitative estimate of drug-likeness (QED) is 0.835. The van der Waals surface area contributed by atoms with Gasteiger partial charge in [0.2, 0.25) is 16.0 Å². The molecule has 0 saturated carbocycles. The summed E-state index contributed by atoms with van der Waals surface area (Å²) >= 11 is 11.8. The molecule has 1 aromatic carbocycles. The van der Waals surface area contributed by atoms with Crippen LogP contribution in [0.5, 0.6) is 0 Å². The molecule has 2 aromatic rings. The molecule has 0 unspecified atom stereocenters. The van der Waals surface area contributed by atoms with Crippen molar-refractivity contribution in [2.24, 2.45) is 0 Å². The van der Waals surface area contributed by atoms with Crippen LogP contribution in [0.4, 0.5) is 17.5 Å². The Hall–Kier alpha value is -1.61. The second-order valence-corrected chi connectivity index (χ2v) is 7.63. The first-order valence-corrected chi connectivity index (χ1v) is 8.64. The predicted molar refractivity (Wildman–Crippen MR) is 92.2 cm³/mol. The minimum absolute atomic E-state index is 0.00955. The van der Waals surface area contributed by atoms with Crippen molar-refractivity contribution in [3.8, 4) is 0 Å². The van der Waals surface area contributed by atoms with Gasteiger partial charge in [-0.2, -0.15) is 4.98 Å². The summed E-state index contributed by atoms with van der Waals surface area (Å²) < 4.78 is 25.5. The Morgan fingerprint density at radius 1 is 1.17 bits per heavy atom. The predicted octanol–water partition coefficient (Wildman–Crippen LogP) is 2.82. The van der Waals surface area contributed by atoms with Crippen LogP contribution in [-0.2, 0) is 10.0 Å². The third-order valence-electron chi connectivity index (χ3n) is 2.93. The van der Waals surface area contributed by atoms with Gasteiger partial charge in [0.25, 0.3) is 0 Å². The van der Waals surface area contributed by atoms with Gasteiger partial charge in [-0.05, 0) is 18.2 Å². The number of benzene rings is 1. The van der Waals surface area contributed by atoms with Crippen molar-refractivity contribution in [1.29, 1.82) is 0 Å². The molecule has 2 N–H and O–H groups in total. The third kappa shape index (κ3) is 3.84. The van der Waals surface area contributed by atoms with Crippen molar-refractivity contribution in [3.05, 3.63) is 34.4 Å². The van der Waals surface area contributed by atoms with Gasteiger partial charge in [-0.25, -0.2) is 17.7 Å². The zero-order chi connectivity index (χ0) is 17.2. The molecule has 0 aliphatic heterocycles. The van der Waals surface area contributed by atoms with Crippen LogP contribution in [0.3, 0.4) is 0 Å². The molecule has 0 bridgehead atoms. The molecule has 0 atom stereocenters. The number of hydrogen-bond donors (Lipinski definition) is 2. The summed E-state index contributed by atoms with van der Waals surface area (Å²) in [4.78, 5) is 8.20. The largest absolute Gasteiger partial charge is 0.372 e. The molecule has 0 fully saturated rings. The standard InChI is InChI=1S/C13H15Cl2N5O2S/c1-16-12-11(23(21,22)20(2)3)7-17-13(19-12)18-8-4-5-9(14)10(15)6-8/h4-7H,1-3H3,(H2,16,17,18,19). The molecule has 7 nitrogen and oxygen atoms in total. The van der Waals surface area contributed by atoms with Crippen LogP contribution in [-0.4, -0.2) is 43.8 Å². The Labute approximate surface area is 144 Å². The molecule has 0 saturated heterocycles. The van der Waals surface area contributed by atoms with E-state index in [-0.39, 0.29) is 16.7 Å². The van der Waals surface area contributed by atoms with E-state index in [2.05, 4.69) is 20.6 Å². The summed E-state index contributed by atoms with van der Waals surface area (Å²) in [6.07, 6.45) is 1.24. The lowest BCUT2D eigenvalue weighted by atomic mass is 10.3. The Morgan fingerprint density at radius 2 is 1.87 bits per heavy atom. The number of nitrogens with one attached hydrogen (secondary N) is 2. The number of rotatable bonds is 5. The first-order chi connectivity index (χ1) is 10.8. The molecule has 0 aliphatic rings. The van der Waals surface area contributed by atoms with Gasteiger partial charge in [0.1, 0.15) is 4.90 Å². The molecule has 0 aliphatic carbocycles. The highest BCUT2D eigenvalue weighted by molar-refractivity contribution is 7.89. The fourth-order valence-corrected chi connectivity index (χ4v) is 2.97. The van der Waals surface area contributed by atoms with E-state index < -0.39 is 10.0 Å². The molecule has 1 aromatic heterocycles. The van der Waals surface area contributed by atoms with Crippen molar-refractivity contribution >= 4 is 50.7 Å². The van der Waals surface area contributed by atoms with Crippen LogP contribution in [0.2, 0.25) is 10.0 Å². The maximum Gasteiger partial charge on any atom is 0.247 e. The van der Waals surface area contributed by atoms with Gasteiger partial charge in [0.05, 0.1) is 16.2 Å². The van der Waals surface area contributed by atoms with Crippen molar-refractivity contribution in [1.82, 2.24) is 14.3 Å². The number of aromatic nitrogens is 2. The summed E-state index contributed by atoms with van der Waals surface area (Å²) in [6.45, 7) is 0. The van der Waals surface area contributed by atoms with Crippen molar-refractivity contribution in [2.75, 3.05) is 31.8 Å². The van der Waals surface area contributed by atoms with Crippen LogP contribution in [0, 0.1) is 0 Å². The maximum atomic E-state index is 12.2. The Balaban J connectivity index is 2.37. The van der Waals surface area contributed by atoms with E-state index in [0.717, 1.165) is 4.31 Å². The van der Waals surface area contributed by atoms with Gasteiger partial charge < -0.3 is 10.6 Å². The zero-order valence-corrected chi connectivity index (χ0v) is 15.0. The number of sulfonamides is 1. The smallest absolute Gasteiger partial charge is 0.247 e. The molecule has 0 spiro atoms. The lowest BCUT2D eigenvalue weighted by Gasteiger charge is -2.15. The monoisotopic (exact) mass is 375 g/mol. The molecule has 2 rings (SSSR count). The first kappa shape index (κ1) is 17.7. The zero-order valence-electron chi connectivity index (χ0n) is 12.6. The molecule has 10 heteroatoms. The van der Waals surface area contributed by atoms with E-state index in [9.17, 15) is 8.42 Å². The first-order valence-electron chi connectivity index (χ1n) is 6.45. The minimum atomic E-state index is -3.64. The van der Waals surface area contributed by atoms with Gasteiger partial charge in [-0.15, -0.1) is 0 Å². The highest BCUT2D eigenvalue weighted by atomic mass is 35.5. The number of anilines is 3. The molecule has 0 amide bonds. The molecule has 124 valence electrons. The topological polar surface area (TPSA) is 87.2 Å². The second-order valence-electron chi connectivity index (χ2n) is 4.70. The highest BCUT2D eigenvalue weighted by Crippen LogP contribution is 2.27. The van der Waals surface area contributed by atoms with E-state index in [1.54, 1.807) is 25.2 Å². The fraction of sp³-hybridized carbons (Fsp3) is 0.231. The summed E-state index contributed by atoms with van der Waals surface area (Å²) in [5.74, 6) is 0.418. The van der Waals surface area contributed by atoms with Crippen LogP contribution < -0.4 is 10.6 Å². The van der Waals surface area contributed by atoms with Gasteiger partial charge in [-0.1, -0.05) is 23.2 Å². The highest BCUT2D eigenvalue weighted by Gasteiger charge is 2.23. The second kappa shape index (κ2) is 6.88. The molecular weight excluding hydrogens is 361 g/mol. The Morgan fingerprint density at radius 3 is 2.43 bits per heavy atom. The molecule has 1 heterocycles. The van der Waals surface area contributed by atoms with Gasteiger partial charge in [0, 0.05) is 26.8 Å². The van der Waals surface area contributed by atoms with Crippen LogP contribution >= 0.6 is 23.2 Å². The minimum Gasteiger partial charge on any atom is -0.372 e. The summed E-state index contributed by atoms with van der Waals surface area (Å²) in [6, 6.07) is 4.97. The van der Waals surface area contributed by atoms with Gasteiger partial charge in [-0.3, -0.25) is 0 Å². The number of nitrogens with zero attached hydrogens (tertiary/aromatic N) is 3. The Bertz CT molecular complexity index is 827. The summed E-state index contributed by atoms with van der Waals surface area (Å²) in [7, 11) is 0.823. The van der Waals surface area contributed by atoms with Crippen LogP contribution in [0.25, 0.3) is 0 Å². The lowest BCUT2D eigenvalue weighted by Crippen LogP contribution is -2.24. The lowest BCUT2D eigenvalue weighted by molar-refractivity contribution is 0.520. The van der Waals surface area contributed by atoms with E-state index >= 15 is 0 Å². The molecule has 23 heavy (non-hydrogen) atoms. The summed E-state index contributed by atoms with van der Waals surface area (Å²) in [5, 5.41) is 6.52. The van der Waals surface area contributed by atoms with Crippen molar-refractivity contribution in [2.45, 2.75) is 4.90 Å². The van der Waals surface area contributed by atoms with Crippen LogP contribution in [0.1, 0.15) is 0 Å². The van der Waals surface area contributed by atoms with E-state index in [4.69, 9.17) is 23.2 Å². The van der Waals surface area contributed by atoms with Crippen LogP contribution in [0.15, 0.2) is 29.3 Å². The average molecular weight is 376 g/mol. The molecule has 0 radical (unpaired) electrons. The third-order valence-corrected chi connectivity index (χ3v) is 5.48. The van der Waals surface area contributed by atoms with Gasteiger partial charge in [0.15, 0.2) is 5.82 Å². The summed E-state index contributed by atoms with van der Waals surface area (Å²) in [5.41, 5.74) is 0.629. The van der Waals surface area contributed by atoms with E-state index in [0.29, 0.717) is 15.7 Å². The molecular formula is C13H15Cl2N5O2S. The maximum absolute atomic E-state index is 12.2. The fourth-order valence-electron chi connectivity index (χ4n) is 1.70. The SMILES string of the molecule is CNc1nc(Nc2ccc(Cl)c(Cl)c2)ncc1S(=O)(=O)N(C)C. The van der Waals surface area contributed by atoms with E-state index in [1.807, 2.05) is 0 Å². The number of hydrogen-bond acceptors (Lipinski definition) is 6.